The van der Waals surface area contributed by atoms with Gasteiger partial charge in [0.15, 0.2) is 0 Å². The number of ether oxygens (including phenoxy) is 1. The summed E-state index contributed by atoms with van der Waals surface area (Å²) in [4.78, 5) is 12.9. The van der Waals surface area contributed by atoms with Crippen LogP contribution in [-0.4, -0.2) is 28.0 Å². The van der Waals surface area contributed by atoms with Crippen LogP contribution in [0, 0.1) is 17.3 Å². The van der Waals surface area contributed by atoms with E-state index in [1.807, 2.05) is 0 Å². The number of benzene rings is 1. The molecule has 1 aromatic carbocycles. The van der Waals surface area contributed by atoms with Crippen molar-refractivity contribution in [3.05, 3.63) is 30.3 Å². The van der Waals surface area contributed by atoms with Gasteiger partial charge < -0.3 is 0 Å². The van der Waals surface area contributed by atoms with Gasteiger partial charge in [0.2, 0.25) is 0 Å². The van der Waals surface area contributed by atoms with E-state index in [1.54, 1.807) is 7.11 Å². The third-order valence-electron chi connectivity index (χ3n) is 5.75. The van der Waals surface area contributed by atoms with Gasteiger partial charge in [0.05, 0.1) is 0 Å². The number of carbonyl (C=O) groups is 1. The van der Waals surface area contributed by atoms with E-state index in [9.17, 15) is 4.79 Å². The topological polar surface area (TPSA) is 26.3 Å². The molecule has 0 heterocycles. The molecule has 24 heavy (non-hydrogen) atoms. The first-order valence-electron chi connectivity index (χ1n) is 9.41. The van der Waals surface area contributed by atoms with Crippen LogP contribution in [0.4, 0.5) is 0 Å². The summed E-state index contributed by atoms with van der Waals surface area (Å²) in [7, 11) is 1.57. The molecule has 3 atom stereocenters. The Bertz CT molecular complexity index is 502. The zero-order valence-corrected chi connectivity index (χ0v) is 17.1. The van der Waals surface area contributed by atoms with E-state index in [0.717, 1.165) is 18.2 Å². The van der Waals surface area contributed by atoms with Gasteiger partial charge in [0, 0.05) is 0 Å². The zero-order chi connectivity index (χ0) is 17.4. The fourth-order valence-corrected chi connectivity index (χ4v) is 6.83. The molecule has 1 saturated carbocycles. The summed E-state index contributed by atoms with van der Waals surface area (Å²) in [5.41, 5.74) is -0.251. The maximum absolute atomic E-state index is 12.9. The van der Waals surface area contributed by atoms with Gasteiger partial charge in [-0.2, -0.15) is 0 Å². The molecule has 1 unspecified atom stereocenters. The number of methoxy groups -OCH3 is 1. The van der Waals surface area contributed by atoms with Crippen LogP contribution in [0.25, 0.3) is 0 Å². The molecule has 0 aliphatic heterocycles. The van der Waals surface area contributed by atoms with Crippen LogP contribution in [0.5, 0.6) is 0 Å². The van der Waals surface area contributed by atoms with Crippen molar-refractivity contribution in [2.75, 3.05) is 7.11 Å². The van der Waals surface area contributed by atoms with Crippen LogP contribution in [0.15, 0.2) is 30.3 Å². The molecule has 0 saturated heterocycles. The molecule has 134 valence electrons. The van der Waals surface area contributed by atoms with Crippen molar-refractivity contribution in [1.29, 1.82) is 0 Å². The number of esters is 1. The monoisotopic (exact) mass is 396 g/mol. The Hall–Kier alpha value is -0.791. The number of unbranched alkanes of at least 4 members (excludes halogenated alkanes) is 1. The molecule has 0 bridgehead atoms. The van der Waals surface area contributed by atoms with E-state index in [2.05, 4.69) is 44.2 Å². The summed E-state index contributed by atoms with van der Waals surface area (Å²) >= 11 is 0.438. The predicted octanol–water partition coefficient (Wildman–Crippen LogP) is 4.61. The predicted molar refractivity (Wildman–Crippen MR) is 102 cm³/mol. The summed E-state index contributed by atoms with van der Waals surface area (Å²) in [6.45, 7) is 4.52. The van der Waals surface area contributed by atoms with Crippen molar-refractivity contribution in [3.8, 4) is 0 Å². The first kappa shape index (κ1) is 19.5. The molecule has 0 aromatic heterocycles. The average Bonchev–Trinajstić information content (AvgIpc) is 2.64. The fourth-order valence-electron chi connectivity index (χ4n) is 4.29. The van der Waals surface area contributed by atoms with Gasteiger partial charge in [-0.1, -0.05) is 0 Å². The summed E-state index contributed by atoms with van der Waals surface area (Å²) in [6.07, 6.45) is 8.16. The van der Waals surface area contributed by atoms with E-state index >= 15 is 0 Å². The number of rotatable bonds is 8. The molecule has 1 aliphatic carbocycles. The Morgan fingerprint density at radius 3 is 2.75 bits per heavy atom. The molecule has 1 aliphatic rings. The molecule has 2 rings (SSSR count). The van der Waals surface area contributed by atoms with Crippen LogP contribution in [-0.2, 0) is 9.53 Å². The van der Waals surface area contributed by atoms with Crippen molar-refractivity contribution in [2.45, 2.75) is 64.1 Å². The number of hydrogen-bond acceptors (Lipinski definition) is 2. The molecule has 0 spiro atoms. The van der Waals surface area contributed by atoms with Crippen LogP contribution >= 0.6 is 0 Å². The minimum absolute atomic E-state index is 0.0552. The normalized spacial score (nSPS) is 25.2. The Labute approximate surface area is 153 Å². The fraction of sp³-hybridized carbons (Fsp3) is 0.667. The first-order valence-corrected chi connectivity index (χ1v) is 11.5. The quantitative estimate of drug-likeness (QED) is 0.475. The van der Waals surface area contributed by atoms with Gasteiger partial charge >= 0.3 is 154 Å². The van der Waals surface area contributed by atoms with E-state index in [1.165, 1.54) is 36.6 Å². The SMILES string of the molecule is CCCCC(C)[C@]1(C(=O)OC)CCCC[C@H]1C[Se]c1ccccc1. The molecule has 0 radical (unpaired) electrons. The summed E-state index contributed by atoms with van der Waals surface area (Å²) in [5.74, 6) is 0.951. The second-order valence-corrected chi connectivity index (χ2v) is 9.44. The van der Waals surface area contributed by atoms with Crippen LogP contribution in [0.1, 0.15) is 58.8 Å². The molecular weight excluding hydrogens is 363 g/mol. The van der Waals surface area contributed by atoms with E-state index in [-0.39, 0.29) is 11.4 Å². The van der Waals surface area contributed by atoms with Gasteiger partial charge in [0.25, 0.3) is 0 Å². The first-order chi connectivity index (χ1) is 11.6. The van der Waals surface area contributed by atoms with E-state index in [4.69, 9.17) is 4.74 Å². The number of carbonyl (C=O) groups excluding carboxylic acids is 1. The number of hydrogen-bond donors (Lipinski definition) is 0. The van der Waals surface area contributed by atoms with Crippen LogP contribution < -0.4 is 4.46 Å². The van der Waals surface area contributed by atoms with Crippen molar-refractivity contribution in [1.82, 2.24) is 0 Å². The van der Waals surface area contributed by atoms with E-state index in [0.29, 0.717) is 26.8 Å². The average molecular weight is 395 g/mol. The van der Waals surface area contributed by atoms with E-state index < -0.39 is 0 Å². The standard InChI is InChI=1S/C21H32O2Se/c1-4-5-11-17(2)21(20(22)23-3)15-10-9-12-18(21)16-24-19-13-7-6-8-14-19/h6-8,13-14,17-18H,4-5,9-12,15-16H2,1-3H3/t17?,18-,21+/m0/s1. The molecule has 1 fully saturated rings. The third kappa shape index (κ3) is 4.43. The second kappa shape index (κ2) is 9.63. The van der Waals surface area contributed by atoms with Crippen LogP contribution in [0.3, 0.4) is 0 Å². The third-order valence-corrected chi connectivity index (χ3v) is 8.22. The zero-order valence-electron chi connectivity index (χ0n) is 15.4. The molecule has 3 heteroatoms. The summed E-state index contributed by atoms with van der Waals surface area (Å²) < 4.78 is 6.78. The second-order valence-electron chi connectivity index (χ2n) is 7.14. The Kier molecular flexibility index (Phi) is 7.84. The molecule has 2 nitrogen and oxygen atoms in total. The minimum atomic E-state index is -0.251. The van der Waals surface area contributed by atoms with Crippen molar-refractivity contribution in [2.24, 2.45) is 17.3 Å². The Morgan fingerprint density at radius 2 is 2.08 bits per heavy atom. The van der Waals surface area contributed by atoms with Crippen molar-refractivity contribution < 1.29 is 9.53 Å². The van der Waals surface area contributed by atoms with Crippen molar-refractivity contribution in [3.63, 3.8) is 0 Å². The van der Waals surface area contributed by atoms with Gasteiger partial charge in [-0.3, -0.25) is 0 Å². The molecule has 1 aromatic rings. The molecule has 0 amide bonds. The summed E-state index contributed by atoms with van der Waals surface area (Å²) in [5, 5.41) is 1.16. The van der Waals surface area contributed by atoms with Crippen LogP contribution in [0.2, 0.25) is 5.32 Å². The Balaban J connectivity index is 2.18. The molecular formula is C21H32O2Se. The van der Waals surface area contributed by atoms with Crippen molar-refractivity contribution >= 4 is 25.4 Å². The van der Waals surface area contributed by atoms with Gasteiger partial charge in [-0.25, -0.2) is 0 Å². The molecule has 0 N–H and O–H groups in total. The summed E-state index contributed by atoms with van der Waals surface area (Å²) in [6, 6.07) is 10.8. The van der Waals surface area contributed by atoms with Gasteiger partial charge in [-0.05, 0) is 0 Å². The van der Waals surface area contributed by atoms with Gasteiger partial charge in [-0.15, -0.1) is 0 Å². The maximum atomic E-state index is 12.9. The van der Waals surface area contributed by atoms with Gasteiger partial charge in [0.1, 0.15) is 0 Å². The Morgan fingerprint density at radius 1 is 1.33 bits per heavy atom.